The van der Waals surface area contributed by atoms with Crippen LogP contribution in [0.3, 0.4) is 0 Å². The van der Waals surface area contributed by atoms with Crippen molar-refractivity contribution in [2.75, 3.05) is 12.4 Å². The number of ether oxygens (including phenoxy) is 2. The highest BCUT2D eigenvalue weighted by molar-refractivity contribution is 7.99. The van der Waals surface area contributed by atoms with Gasteiger partial charge in [0.15, 0.2) is 0 Å². The van der Waals surface area contributed by atoms with E-state index in [1.54, 1.807) is 0 Å². The molecule has 202 valence electrons. The zero-order valence-corrected chi connectivity index (χ0v) is 23.8. The Morgan fingerprint density at radius 1 is 0.882 bits per heavy atom. The third-order valence-corrected chi connectivity index (χ3v) is 8.29. The summed E-state index contributed by atoms with van der Waals surface area (Å²) in [5.74, 6) is -0.579. The Hall–Kier alpha value is -0.200. The minimum Gasteiger partial charge on any atom is -0.478 e. The average Bonchev–Trinajstić information content (AvgIpc) is 2.83. The highest BCUT2D eigenvalue weighted by Crippen LogP contribution is 2.32. The second-order valence-electron chi connectivity index (χ2n) is 9.25. The lowest BCUT2D eigenvalue weighted by atomic mass is 10.1. The quantitative estimate of drug-likeness (QED) is 0.0717. The molecule has 0 amide bonds. The van der Waals surface area contributed by atoms with Crippen molar-refractivity contribution < 1.29 is 29.0 Å². The standard InChI is InChI=1S/C26H51O6PS/c1-5-8-10-12-13-14-15-16-18-21-34-23(19-17-11-9-6-2)22(4)32-25(31-20-7-3)26(29,33-30)24(27)28/h22-23,25,29H,5-21H2,1-4H3,(H,27,28). The van der Waals surface area contributed by atoms with Gasteiger partial charge in [0.05, 0.1) is 6.10 Å². The summed E-state index contributed by atoms with van der Waals surface area (Å²) in [6.45, 7) is 8.43. The number of hydrogen-bond acceptors (Lipinski definition) is 6. The molecule has 6 nitrogen and oxygen atoms in total. The van der Waals surface area contributed by atoms with Crippen molar-refractivity contribution in [3.63, 3.8) is 0 Å². The summed E-state index contributed by atoms with van der Waals surface area (Å²) in [6.07, 6.45) is 16.0. The van der Waals surface area contributed by atoms with Gasteiger partial charge in [-0.2, -0.15) is 11.8 Å². The minimum absolute atomic E-state index is 0.167. The highest BCUT2D eigenvalue weighted by atomic mass is 32.2. The van der Waals surface area contributed by atoms with E-state index in [1.165, 1.54) is 64.2 Å². The van der Waals surface area contributed by atoms with Crippen LogP contribution in [-0.2, 0) is 18.8 Å². The van der Waals surface area contributed by atoms with Crippen molar-refractivity contribution in [2.24, 2.45) is 0 Å². The van der Waals surface area contributed by atoms with E-state index in [-0.39, 0.29) is 18.0 Å². The maximum Gasteiger partial charge on any atom is 0.353 e. The van der Waals surface area contributed by atoms with Gasteiger partial charge in [-0.3, -0.25) is 4.57 Å². The van der Waals surface area contributed by atoms with Gasteiger partial charge in [-0.15, -0.1) is 0 Å². The van der Waals surface area contributed by atoms with Gasteiger partial charge in [-0.05, 0) is 31.9 Å². The summed E-state index contributed by atoms with van der Waals surface area (Å²) in [6, 6.07) is 0. The maximum atomic E-state index is 11.6. The van der Waals surface area contributed by atoms with E-state index < -0.39 is 26.1 Å². The lowest BCUT2D eigenvalue weighted by Gasteiger charge is -2.32. The lowest BCUT2D eigenvalue weighted by molar-refractivity contribution is -0.230. The van der Waals surface area contributed by atoms with E-state index in [2.05, 4.69) is 13.8 Å². The zero-order chi connectivity index (χ0) is 25.7. The first-order chi connectivity index (χ1) is 16.4. The van der Waals surface area contributed by atoms with Gasteiger partial charge in [-0.1, -0.05) is 97.8 Å². The summed E-state index contributed by atoms with van der Waals surface area (Å²) in [5, 5.41) is 17.4. The second kappa shape index (κ2) is 22.0. The van der Waals surface area contributed by atoms with E-state index in [4.69, 9.17) is 9.47 Å². The molecule has 0 rings (SSSR count). The van der Waals surface area contributed by atoms with Crippen LogP contribution in [0.2, 0.25) is 0 Å². The molecular formula is C26H51O6PS. The summed E-state index contributed by atoms with van der Waals surface area (Å²) in [5.41, 5.74) is 0. The summed E-state index contributed by atoms with van der Waals surface area (Å²) >= 11 is 1.87. The number of aliphatic carboxylic acids is 1. The number of carboxylic acid groups (broad SMARTS) is 1. The normalized spacial score (nSPS) is 16.3. The topological polar surface area (TPSA) is 93.1 Å². The van der Waals surface area contributed by atoms with Gasteiger partial charge in [-0.25, -0.2) is 4.79 Å². The maximum absolute atomic E-state index is 11.6. The van der Waals surface area contributed by atoms with Crippen LogP contribution >= 0.6 is 20.2 Å². The van der Waals surface area contributed by atoms with Gasteiger partial charge in [0.1, 0.15) is 0 Å². The lowest BCUT2D eigenvalue weighted by Crippen LogP contribution is -2.50. The molecule has 4 atom stereocenters. The van der Waals surface area contributed by atoms with Crippen LogP contribution in [0.5, 0.6) is 0 Å². The van der Waals surface area contributed by atoms with Gasteiger partial charge in [0, 0.05) is 11.9 Å². The minimum atomic E-state index is -2.61. The molecule has 0 radical (unpaired) electrons. The van der Waals surface area contributed by atoms with Crippen LogP contribution in [0, 0.1) is 0 Å². The molecule has 0 aliphatic heterocycles. The molecule has 0 spiro atoms. The van der Waals surface area contributed by atoms with Crippen molar-refractivity contribution >= 4 is 26.2 Å². The zero-order valence-electron chi connectivity index (χ0n) is 22.1. The van der Waals surface area contributed by atoms with Crippen LogP contribution in [0.15, 0.2) is 0 Å². The summed E-state index contributed by atoms with van der Waals surface area (Å²) < 4.78 is 23.0. The van der Waals surface area contributed by atoms with Gasteiger partial charge < -0.3 is 19.7 Å². The number of thioether (sulfide) groups is 1. The summed E-state index contributed by atoms with van der Waals surface area (Å²) in [7, 11) is -0.941. The molecule has 4 unspecified atom stereocenters. The molecule has 0 heterocycles. The first kappa shape index (κ1) is 33.8. The molecule has 0 aromatic carbocycles. The third kappa shape index (κ3) is 15.0. The van der Waals surface area contributed by atoms with Crippen LogP contribution < -0.4 is 0 Å². The van der Waals surface area contributed by atoms with Crippen LogP contribution in [0.1, 0.15) is 124 Å². The molecule has 0 fully saturated rings. The fourth-order valence-corrected chi connectivity index (χ4v) is 5.46. The number of unbranched alkanes of at least 4 members (excludes halogenated alkanes) is 11. The number of carbonyl (C=O) groups is 1. The largest absolute Gasteiger partial charge is 0.478 e. The van der Waals surface area contributed by atoms with E-state index in [0.717, 1.165) is 31.4 Å². The fraction of sp³-hybridized carbons (Fsp3) is 0.962. The van der Waals surface area contributed by atoms with Crippen LogP contribution in [0.4, 0.5) is 0 Å². The molecule has 0 aliphatic carbocycles. The van der Waals surface area contributed by atoms with Crippen molar-refractivity contribution in [2.45, 2.75) is 147 Å². The molecule has 0 saturated carbocycles. The van der Waals surface area contributed by atoms with E-state index in [9.17, 15) is 19.6 Å². The van der Waals surface area contributed by atoms with Crippen molar-refractivity contribution in [1.29, 1.82) is 0 Å². The number of hydrogen-bond donors (Lipinski definition) is 2. The molecule has 0 aromatic heterocycles. The molecule has 2 N–H and O–H groups in total. The molecule has 0 aromatic rings. The molecule has 0 bridgehead atoms. The first-order valence-electron chi connectivity index (χ1n) is 13.6. The molecule has 8 heteroatoms. The Balaban J connectivity index is 4.78. The second-order valence-corrected chi connectivity index (χ2v) is 11.5. The molecule has 0 saturated heterocycles. The highest BCUT2D eigenvalue weighted by Gasteiger charge is 2.49. The van der Waals surface area contributed by atoms with E-state index in [1.807, 2.05) is 25.6 Å². The predicted molar refractivity (Wildman–Crippen MR) is 143 cm³/mol. The van der Waals surface area contributed by atoms with Crippen molar-refractivity contribution in [1.82, 2.24) is 0 Å². The monoisotopic (exact) mass is 522 g/mol. The number of carboxylic acids is 1. The first-order valence-corrected chi connectivity index (χ1v) is 15.4. The van der Waals surface area contributed by atoms with Gasteiger partial charge >= 0.3 is 5.97 Å². The Kier molecular flexibility index (Phi) is 21.9. The Morgan fingerprint density at radius 2 is 1.41 bits per heavy atom. The molecular weight excluding hydrogens is 471 g/mol. The SMILES string of the molecule is CCCCCCCCCCCSC(CCCCCC)C(C)OC(OCCC)C(O)(P=O)C(=O)O. The van der Waals surface area contributed by atoms with Crippen LogP contribution in [0.25, 0.3) is 0 Å². The fourth-order valence-electron chi connectivity index (χ4n) is 3.81. The van der Waals surface area contributed by atoms with Crippen molar-refractivity contribution in [3.8, 4) is 0 Å². The Labute approximate surface area is 214 Å². The number of rotatable bonds is 25. The van der Waals surface area contributed by atoms with Gasteiger partial charge in [0.2, 0.25) is 14.8 Å². The Morgan fingerprint density at radius 3 is 1.91 bits per heavy atom. The van der Waals surface area contributed by atoms with E-state index >= 15 is 0 Å². The summed E-state index contributed by atoms with van der Waals surface area (Å²) in [4.78, 5) is 11.6. The predicted octanol–water partition coefficient (Wildman–Crippen LogP) is 7.81. The van der Waals surface area contributed by atoms with Crippen molar-refractivity contribution in [3.05, 3.63) is 0 Å². The molecule has 0 aliphatic rings. The smallest absolute Gasteiger partial charge is 0.353 e. The molecule has 34 heavy (non-hydrogen) atoms. The average molecular weight is 523 g/mol. The third-order valence-electron chi connectivity index (χ3n) is 6.04. The van der Waals surface area contributed by atoms with Crippen LogP contribution in [-0.4, -0.2) is 51.5 Å². The van der Waals surface area contributed by atoms with Gasteiger partial charge in [0.25, 0.3) is 5.34 Å². The number of aliphatic hydroxyl groups is 1. The Bertz CT molecular complexity index is 510. The van der Waals surface area contributed by atoms with E-state index in [0.29, 0.717) is 6.42 Å².